The van der Waals surface area contributed by atoms with Gasteiger partial charge in [0.1, 0.15) is 11.5 Å². The first-order valence-corrected chi connectivity index (χ1v) is 8.06. The molecule has 0 atom stereocenters. The number of nitrogens with two attached hydrogens (primary N) is 1. The van der Waals surface area contributed by atoms with Crippen molar-refractivity contribution in [2.24, 2.45) is 5.73 Å². The van der Waals surface area contributed by atoms with E-state index in [0.717, 1.165) is 16.8 Å². The van der Waals surface area contributed by atoms with Gasteiger partial charge in [0, 0.05) is 29.8 Å². The fourth-order valence-electron chi connectivity index (χ4n) is 2.49. The van der Waals surface area contributed by atoms with E-state index in [0.29, 0.717) is 29.5 Å². The third-order valence-corrected chi connectivity index (χ3v) is 3.91. The molecular weight excluding hydrogens is 324 g/mol. The van der Waals surface area contributed by atoms with Crippen LogP contribution in [0.3, 0.4) is 0 Å². The topological polar surface area (TPSA) is 69.1 Å². The molecule has 0 fully saturated rings. The highest BCUT2D eigenvalue weighted by Crippen LogP contribution is 2.27. The van der Waals surface area contributed by atoms with Gasteiger partial charge < -0.3 is 10.2 Å². The molecule has 4 nitrogen and oxygen atoms in total. The van der Waals surface area contributed by atoms with Crippen molar-refractivity contribution < 1.29 is 9.21 Å². The summed E-state index contributed by atoms with van der Waals surface area (Å²) < 4.78 is 5.90. The quantitative estimate of drug-likeness (QED) is 0.737. The summed E-state index contributed by atoms with van der Waals surface area (Å²) in [6, 6.07) is 17.4. The van der Waals surface area contributed by atoms with Gasteiger partial charge in [-0.25, -0.2) is 4.98 Å². The molecule has 0 aliphatic carbocycles. The molecule has 0 aliphatic rings. The lowest BCUT2D eigenvalue weighted by molar-refractivity contribution is -0.118. The second-order valence-corrected chi connectivity index (χ2v) is 5.95. The van der Waals surface area contributed by atoms with E-state index < -0.39 is 0 Å². The Kier molecular flexibility index (Phi) is 4.96. The predicted molar refractivity (Wildman–Crippen MR) is 93.7 cm³/mol. The van der Waals surface area contributed by atoms with Gasteiger partial charge in [0.25, 0.3) is 0 Å². The van der Waals surface area contributed by atoms with Gasteiger partial charge in [-0.3, -0.25) is 4.79 Å². The first-order valence-electron chi connectivity index (χ1n) is 7.68. The van der Waals surface area contributed by atoms with Crippen LogP contribution in [0.5, 0.6) is 0 Å². The lowest BCUT2D eigenvalue weighted by atomic mass is 10.1. The summed E-state index contributed by atoms with van der Waals surface area (Å²) in [6.07, 6.45) is 1.24. The molecule has 1 amide bonds. The van der Waals surface area contributed by atoms with Crippen molar-refractivity contribution in [3.63, 3.8) is 0 Å². The van der Waals surface area contributed by atoms with Crippen LogP contribution in [0.4, 0.5) is 0 Å². The number of oxazole rings is 1. The molecule has 1 aromatic heterocycles. The fourth-order valence-corrected chi connectivity index (χ4v) is 2.61. The maximum Gasteiger partial charge on any atom is 0.217 e. The van der Waals surface area contributed by atoms with E-state index in [2.05, 4.69) is 4.98 Å². The standard InChI is InChI=1S/C19H17ClN2O2/c20-15-8-6-14(7-9-15)19-16(10-11-17(21)23)24-18(22-19)12-13-4-2-1-3-5-13/h1-9H,10-12H2,(H2,21,23). The highest BCUT2D eigenvalue weighted by atomic mass is 35.5. The van der Waals surface area contributed by atoms with Crippen LogP contribution in [0.2, 0.25) is 5.02 Å². The zero-order chi connectivity index (χ0) is 16.9. The molecule has 1 heterocycles. The van der Waals surface area contributed by atoms with Crippen molar-refractivity contribution in [1.29, 1.82) is 0 Å². The van der Waals surface area contributed by atoms with Crippen LogP contribution in [0.15, 0.2) is 59.0 Å². The van der Waals surface area contributed by atoms with Crippen molar-refractivity contribution in [1.82, 2.24) is 4.98 Å². The van der Waals surface area contributed by atoms with E-state index in [-0.39, 0.29) is 12.3 Å². The normalized spacial score (nSPS) is 10.7. The summed E-state index contributed by atoms with van der Waals surface area (Å²) in [4.78, 5) is 15.7. The van der Waals surface area contributed by atoms with Crippen molar-refractivity contribution in [3.8, 4) is 11.3 Å². The Morgan fingerprint density at radius 2 is 1.79 bits per heavy atom. The number of rotatable bonds is 6. The van der Waals surface area contributed by atoms with Crippen molar-refractivity contribution in [2.75, 3.05) is 0 Å². The average molecular weight is 341 g/mol. The molecule has 0 aliphatic heterocycles. The Balaban J connectivity index is 1.92. The minimum Gasteiger partial charge on any atom is -0.445 e. The van der Waals surface area contributed by atoms with E-state index in [1.54, 1.807) is 12.1 Å². The fraction of sp³-hybridized carbons (Fsp3) is 0.158. The van der Waals surface area contributed by atoms with Gasteiger partial charge in [-0.2, -0.15) is 0 Å². The SMILES string of the molecule is NC(=O)CCc1oc(Cc2ccccc2)nc1-c1ccc(Cl)cc1. The van der Waals surface area contributed by atoms with Crippen LogP contribution in [-0.2, 0) is 17.6 Å². The number of primary amides is 1. The van der Waals surface area contributed by atoms with Gasteiger partial charge in [-0.05, 0) is 17.7 Å². The monoisotopic (exact) mass is 340 g/mol. The van der Waals surface area contributed by atoms with E-state index in [9.17, 15) is 4.79 Å². The number of amides is 1. The minimum absolute atomic E-state index is 0.223. The van der Waals surface area contributed by atoms with E-state index in [1.807, 2.05) is 42.5 Å². The molecule has 3 rings (SSSR count). The smallest absolute Gasteiger partial charge is 0.217 e. The number of carbonyl (C=O) groups excluding carboxylic acids is 1. The molecule has 5 heteroatoms. The zero-order valence-corrected chi connectivity index (χ0v) is 13.8. The number of benzene rings is 2. The Morgan fingerprint density at radius 3 is 2.46 bits per heavy atom. The first kappa shape index (κ1) is 16.3. The highest BCUT2D eigenvalue weighted by molar-refractivity contribution is 6.30. The molecule has 0 bridgehead atoms. The van der Waals surface area contributed by atoms with Gasteiger partial charge in [0.15, 0.2) is 5.89 Å². The van der Waals surface area contributed by atoms with E-state index in [4.69, 9.17) is 21.8 Å². The van der Waals surface area contributed by atoms with Gasteiger partial charge in [-0.15, -0.1) is 0 Å². The molecule has 2 N–H and O–H groups in total. The summed E-state index contributed by atoms with van der Waals surface area (Å²) in [7, 11) is 0. The van der Waals surface area contributed by atoms with E-state index in [1.165, 1.54) is 0 Å². The molecule has 0 spiro atoms. The van der Waals surface area contributed by atoms with Crippen LogP contribution >= 0.6 is 11.6 Å². The summed E-state index contributed by atoms with van der Waals surface area (Å²) >= 11 is 5.95. The molecule has 3 aromatic rings. The Labute approximate surface area is 145 Å². The molecular formula is C19H17ClN2O2. The molecule has 0 radical (unpaired) electrons. The van der Waals surface area contributed by atoms with Gasteiger partial charge >= 0.3 is 0 Å². The minimum atomic E-state index is -0.363. The average Bonchev–Trinajstić information content (AvgIpc) is 2.97. The molecule has 0 saturated heterocycles. The predicted octanol–water partition coefficient (Wildman–Crippen LogP) is 4.00. The van der Waals surface area contributed by atoms with Crippen molar-refractivity contribution in [2.45, 2.75) is 19.3 Å². The number of halogens is 1. The molecule has 122 valence electrons. The molecule has 0 unspecified atom stereocenters. The van der Waals surface area contributed by atoms with Crippen LogP contribution in [0, 0.1) is 0 Å². The molecule has 2 aromatic carbocycles. The van der Waals surface area contributed by atoms with Crippen molar-refractivity contribution >= 4 is 17.5 Å². The lowest BCUT2D eigenvalue weighted by Crippen LogP contribution is -2.11. The number of aryl methyl sites for hydroxylation is 1. The third-order valence-electron chi connectivity index (χ3n) is 3.66. The number of aromatic nitrogens is 1. The van der Waals surface area contributed by atoms with Gasteiger partial charge in [0.05, 0.1) is 0 Å². The summed E-state index contributed by atoms with van der Waals surface area (Å²) in [6.45, 7) is 0. The Hall–Kier alpha value is -2.59. The second kappa shape index (κ2) is 7.32. The number of carbonyl (C=O) groups is 1. The van der Waals surface area contributed by atoms with Gasteiger partial charge in [-0.1, -0.05) is 54.1 Å². The Bertz CT molecular complexity index is 826. The van der Waals surface area contributed by atoms with Crippen LogP contribution < -0.4 is 5.73 Å². The summed E-state index contributed by atoms with van der Waals surface area (Å²) in [5.41, 5.74) is 8.01. The largest absolute Gasteiger partial charge is 0.445 e. The number of hydrogen-bond acceptors (Lipinski definition) is 3. The number of nitrogens with zero attached hydrogens (tertiary/aromatic N) is 1. The lowest BCUT2D eigenvalue weighted by Gasteiger charge is -2.00. The van der Waals surface area contributed by atoms with E-state index >= 15 is 0 Å². The Morgan fingerprint density at radius 1 is 1.08 bits per heavy atom. The maximum atomic E-state index is 11.1. The summed E-state index contributed by atoms with van der Waals surface area (Å²) in [5.74, 6) is 0.922. The molecule has 0 saturated carbocycles. The zero-order valence-electron chi connectivity index (χ0n) is 13.0. The second-order valence-electron chi connectivity index (χ2n) is 5.51. The van der Waals surface area contributed by atoms with Crippen LogP contribution in [0.1, 0.15) is 23.6 Å². The summed E-state index contributed by atoms with van der Waals surface area (Å²) in [5, 5.41) is 0.658. The van der Waals surface area contributed by atoms with Crippen LogP contribution in [0.25, 0.3) is 11.3 Å². The number of hydrogen-bond donors (Lipinski definition) is 1. The molecule has 24 heavy (non-hydrogen) atoms. The third kappa shape index (κ3) is 4.03. The van der Waals surface area contributed by atoms with Crippen molar-refractivity contribution in [3.05, 3.63) is 76.8 Å². The van der Waals surface area contributed by atoms with Gasteiger partial charge in [0.2, 0.25) is 5.91 Å². The van der Waals surface area contributed by atoms with Crippen LogP contribution in [-0.4, -0.2) is 10.9 Å². The highest BCUT2D eigenvalue weighted by Gasteiger charge is 2.16. The maximum absolute atomic E-state index is 11.1. The first-order chi connectivity index (χ1) is 11.6.